The second-order valence-corrected chi connectivity index (χ2v) is 12.1. The van der Waals surface area contributed by atoms with Crippen molar-refractivity contribution < 1.29 is 49.7 Å². The van der Waals surface area contributed by atoms with Crippen molar-refractivity contribution in [2.75, 3.05) is 30.4 Å². The molecule has 1 aliphatic rings. The highest BCUT2D eigenvalue weighted by atomic mass is 32.2. The summed E-state index contributed by atoms with van der Waals surface area (Å²) in [4.78, 5) is 22.9. The summed E-state index contributed by atoms with van der Waals surface area (Å²) < 4.78 is 98.6. The number of carbonyl (C=O) groups excluding carboxylic acids is 1. The average Bonchev–Trinajstić information content (AvgIpc) is 3.41. The van der Waals surface area contributed by atoms with Gasteiger partial charge in [-0.25, -0.2) is 18.4 Å². The minimum atomic E-state index is -4.51. The molecule has 4 rings (SSSR count). The SMILES string of the molecule is CCS(=O)(=O)c1ccc([C@H](CO)NC(=O)c2cnc(N3C[C@H](Oc4ccc(C(F)(F)F)cc4)C[C@H]3COC(F)F)nc2)cc1. The van der Waals surface area contributed by atoms with E-state index in [4.69, 9.17) is 4.74 Å². The zero-order valence-electron chi connectivity index (χ0n) is 23.2. The van der Waals surface area contributed by atoms with E-state index in [9.17, 15) is 40.3 Å². The number of rotatable bonds is 12. The molecular formula is C28H29F5N4O6S. The predicted molar refractivity (Wildman–Crippen MR) is 147 cm³/mol. The first-order valence-corrected chi connectivity index (χ1v) is 15.0. The van der Waals surface area contributed by atoms with Gasteiger partial charge >= 0.3 is 12.8 Å². The van der Waals surface area contributed by atoms with E-state index in [-0.39, 0.29) is 40.9 Å². The van der Waals surface area contributed by atoms with Gasteiger partial charge in [0.15, 0.2) is 9.84 Å². The number of aliphatic hydroxyl groups is 1. The number of aromatic nitrogens is 2. The van der Waals surface area contributed by atoms with Gasteiger partial charge in [-0.15, -0.1) is 0 Å². The van der Waals surface area contributed by atoms with Crippen LogP contribution in [0.2, 0.25) is 0 Å². The third-order valence-electron chi connectivity index (χ3n) is 6.94. The zero-order valence-corrected chi connectivity index (χ0v) is 24.1. The third-order valence-corrected chi connectivity index (χ3v) is 8.69. The smallest absolute Gasteiger partial charge is 0.416 e. The van der Waals surface area contributed by atoms with E-state index in [1.807, 2.05) is 0 Å². The minimum Gasteiger partial charge on any atom is -0.489 e. The number of halogens is 5. The molecule has 3 atom stereocenters. The summed E-state index contributed by atoms with van der Waals surface area (Å²) in [5.74, 6) is -0.476. The molecular weight excluding hydrogens is 615 g/mol. The van der Waals surface area contributed by atoms with Crippen LogP contribution in [0.1, 0.15) is 40.9 Å². The molecule has 2 heterocycles. The number of nitrogens with zero attached hydrogens (tertiary/aromatic N) is 3. The molecule has 1 aromatic heterocycles. The highest BCUT2D eigenvalue weighted by Crippen LogP contribution is 2.32. The van der Waals surface area contributed by atoms with E-state index in [2.05, 4.69) is 20.0 Å². The number of sulfone groups is 1. The number of anilines is 1. The monoisotopic (exact) mass is 644 g/mol. The van der Waals surface area contributed by atoms with Gasteiger partial charge in [0.05, 0.1) is 53.6 Å². The molecule has 1 amide bonds. The van der Waals surface area contributed by atoms with Crippen molar-refractivity contribution in [1.29, 1.82) is 0 Å². The van der Waals surface area contributed by atoms with Crippen LogP contribution in [0.25, 0.3) is 0 Å². The van der Waals surface area contributed by atoms with Crippen LogP contribution in [0.15, 0.2) is 65.8 Å². The highest BCUT2D eigenvalue weighted by molar-refractivity contribution is 7.91. The maximum absolute atomic E-state index is 12.9. The van der Waals surface area contributed by atoms with Gasteiger partial charge < -0.3 is 24.8 Å². The topological polar surface area (TPSA) is 131 Å². The van der Waals surface area contributed by atoms with Crippen LogP contribution in [0.4, 0.5) is 27.9 Å². The Bertz CT molecular complexity index is 1510. The first-order chi connectivity index (χ1) is 20.8. The summed E-state index contributed by atoms with van der Waals surface area (Å²) in [6.45, 7) is -2.31. The van der Waals surface area contributed by atoms with E-state index < -0.39 is 65.5 Å². The molecule has 2 aromatic carbocycles. The third kappa shape index (κ3) is 8.18. The molecule has 10 nitrogen and oxygen atoms in total. The standard InChI is InChI=1S/C28H29F5N4O6S/c1-2-44(40,41)23-9-3-17(4-10-23)24(15-38)36-25(39)18-12-34-27(35-13-18)37-14-22(11-20(37)16-42-26(29)30)43-21-7-5-19(6-8-21)28(31,32)33/h3-10,12-13,20,22,24,26,38H,2,11,14-16H2,1H3,(H,36,39)/t20-,22+,24-/m0/s1. The number of hydrogen-bond acceptors (Lipinski definition) is 9. The molecule has 1 saturated heterocycles. The number of alkyl halides is 5. The molecule has 16 heteroatoms. The van der Waals surface area contributed by atoms with Crippen LogP contribution in [-0.4, -0.2) is 73.7 Å². The summed E-state index contributed by atoms with van der Waals surface area (Å²) >= 11 is 0. The van der Waals surface area contributed by atoms with Crippen molar-refractivity contribution in [2.45, 2.75) is 49.2 Å². The van der Waals surface area contributed by atoms with Crippen molar-refractivity contribution in [3.63, 3.8) is 0 Å². The average molecular weight is 645 g/mol. The van der Waals surface area contributed by atoms with Gasteiger partial charge in [-0.1, -0.05) is 19.1 Å². The minimum absolute atomic E-state index is 0.0227. The summed E-state index contributed by atoms with van der Waals surface area (Å²) in [7, 11) is -3.42. The molecule has 0 unspecified atom stereocenters. The normalized spacial score (nSPS) is 18.0. The fourth-order valence-electron chi connectivity index (χ4n) is 4.60. The first-order valence-electron chi connectivity index (χ1n) is 13.4. The molecule has 238 valence electrons. The number of hydrogen-bond donors (Lipinski definition) is 2. The van der Waals surface area contributed by atoms with Crippen LogP contribution < -0.4 is 15.0 Å². The lowest BCUT2D eigenvalue weighted by Crippen LogP contribution is -2.35. The van der Waals surface area contributed by atoms with Crippen LogP contribution >= 0.6 is 0 Å². The second kappa shape index (κ2) is 13.8. The van der Waals surface area contributed by atoms with Gasteiger partial charge in [0.25, 0.3) is 5.91 Å². The molecule has 1 fully saturated rings. The van der Waals surface area contributed by atoms with E-state index in [0.717, 1.165) is 12.1 Å². The van der Waals surface area contributed by atoms with Crippen LogP contribution in [0, 0.1) is 0 Å². The lowest BCUT2D eigenvalue weighted by atomic mass is 10.1. The Labute approximate surface area is 249 Å². The fraction of sp³-hybridized carbons (Fsp3) is 0.393. The molecule has 0 saturated carbocycles. The Balaban J connectivity index is 1.44. The lowest BCUT2D eigenvalue weighted by molar-refractivity contribution is -0.137. The Morgan fingerprint density at radius 2 is 1.73 bits per heavy atom. The predicted octanol–water partition coefficient (Wildman–Crippen LogP) is 4.02. The van der Waals surface area contributed by atoms with E-state index in [0.29, 0.717) is 5.56 Å². The van der Waals surface area contributed by atoms with E-state index >= 15 is 0 Å². The summed E-state index contributed by atoms with van der Waals surface area (Å²) in [5, 5.41) is 12.5. The summed E-state index contributed by atoms with van der Waals surface area (Å²) in [6, 6.07) is 8.31. The Hall–Kier alpha value is -3.89. The molecule has 3 aromatic rings. The molecule has 0 aliphatic carbocycles. The number of nitrogens with one attached hydrogen (secondary N) is 1. The number of aliphatic hydroxyl groups excluding tert-OH is 1. The number of ether oxygens (including phenoxy) is 2. The van der Waals surface area contributed by atoms with Crippen molar-refractivity contribution >= 4 is 21.7 Å². The second-order valence-electron chi connectivity index (χ2n) is 9.85. The van der Waals surface area contributed by atoms with Gasteiger partial charge in [0.2, 0.25) is 5.95 Å². The Morgan fingerprint density at radius 3 is 2.27 bits per heavy atom. The molecule has 44 heavy (non-hydrogen) atoms. The number of carbonyl (C=O) groups is 1. The maximum atomic E-state index is 12.9. The fourth-order valence-corrected chi connectivity index (χ4v) is 5.48. The largest absolute Gasteiger partial charge is 0.489 e. The highest BCUT2D eigenvalue weighted by Gasteiger charge is 2.36. The molecule has 0 radical (unpaired) electrons. The van der Waals surface area contributed by atoms with Gasteiger partial charge in [-0.3, -0.25) is 4.79 Å². The van der Waals surface area contributed by atoms with E-state index in [1.165, 1.54) is 55.7 Å². The number of benzene rings is 2. The molecule has 1 aliphatic heterocycles. The maximum Gasteiger partial charge on any atom is 0.416 e. The summed E-state index contributed by atoms with van der Waals surface area (Å²) in [5.41, 5.74) is -0.356. The molecule has 0 bridgehead atoms. The van der Waals surface area contributed by atoms with Crippen LogP contribution in [0.3, 0.4) is 0 Å². The summed E-state index contributed by atoms with van der Waals surface area (Å²) in [6.07, 6.45) is -2.54. The molecule has 2 N–H and O–H groups in total. The van der Waals surface area contributed by atoms with Gasteiger partial charge in [-0.05, 0) is 42.0 Å². The Morgan fingerprint density at radius 1 is 1.09 bits per heavy atom. The van der Waals surface area contributed by atoms with Gasteiger partial charge in [0, 0.05) is 18.8 Å². The van der Waals surface area contributed by atoms with E-state index in [1.54, 1.807) is 4.90 Å². The Kier molecular flexibility index (Phi) is 10.4. The number of amides is 1. The first kappa shape index (κ1) is 33.0. The molecule has 0 spiro atoms. The van der Waals surface area contributed by atoms with Crippen molar-refractivity contribution in [1.82, 2.24) is 15.3 Å². The van der Waals surface area contributed by atoms with Gasteiger partial charge in [0.1, 0.15) is 11.9 Å². The lowest BCUT2D eigenvalue weighted by Gasteiger charge is -2.24. The van der Waals surface area contributed by atoms with Crippen molar-refractivity contribution in [2.24, 2.45) is 0 Å². The quantitative estimate of drug-likeness (QED) is 0.281. The van der Waals surface area contributed by atoms with Crippen LogP contribution in [-0.2, 0) is 20.8 Å². The van der Waals surface area contributed by atoms with Crippen molar-refractivity contribution in [3.05, 3.63) is 77.6 Å². The van der Waals surface area contributed by atoms with Gasteiger partial charge in [-0.2, -0.15) is 22.0 Å². The van der Waals surface area contributed by atoms with Crippen molar-refractivity contribution in [3.8, 4) is 5.75 Å². The zero-order chi connectivity index (χ0) is 32.1. The van der Waals surface area contributed by atoms with Crippen LogP contribution in [0.5, 0.6) is 5.75 Å².